The third kappa shape index (κ3) is 5.09. The molecule has 0 aliphatic heterocycles. The molecule has 0 heterocycles. The monoisotopic (exact) mass is 173 g/mol. The van der Waals surface area contributed by atoms with Crippen LogP contribution in [0, 0.1) is 0 Å². The minimum atomic E-state index is 0.0594. The summed E-state index contributed by atoms with van der Waals surface area (Å²) >= 11 is 0. The van der Waals surface area contributed by atoms with Gasteiger partial charge in [-0.3, -0.25) is 9.69 Å². The predicted octanol–water partition coefficient (Wildman–Crippen LogP) is -0.597. The Morgan fingerprint density at radius 3 is 2.42 bits per heavy atom. The fourth-order valence-corrected chi connectivity index (χ4v) is 0.918. The van der Waals surface area contributed by atoms with Gasteiger partial charge in [0.2, 0.25) is 5.91 Å². The number of hydrogen-bond acceptors (Lipinski definition) is 3. The van der Waals surface area contributed by atoms with Crippen LogP contribution in [0.5, 0.6) is 0 Å². The summed E-state index contributed by atoms with van der Waals surface area (Å²) in [5, 5.41) is 2.73. The first-order chi connectivity index (χ1) is 5.74. The van der Waals surface area contributed by atoms with Crippen LogP contribution in [0.25, 0.3) is 0 Å². The Morgan fingerprint density at radius 2 is 2.00 bits per heavy atom. The van der Waals surface area contributed by atoms with Gasteiger partial charge in [-0.25, -0.2) is 0 Å². The number of likely N-dealkylation sites (N-methyl/N-ethyl adjacent to an activating group) is 1. The van der Waals surface area contributed by atoms with E-state index in [2.05, 4.69) is 10.2 Å². The predicted molar refractivity (Wildman–Crippen MR) is 49.9 cm³/mol. The molecule has 0 saturated carbocycles. The minimum Gasteiger partial charge on any atom is -0.354 e. The van der Waals surface area contributed by atoms with Crippen LogP contribution >= 0.6 is 0 Å². The molecule has 0 saturated heterocycles. The van der Waals surface area contributed by atoms with Crippen molar-refractivity contribution in [2.75, 3.05) is 32.7 Å². The summed E-state index contributed by atoms with van der Waals surface area (Å²) in [5.74, 6) is 0.0594. The molecule has 0 fully saturated rings. The minimum absolute atomic E-state index is 0.0594. The van der Waals surface area contributed by atoms with E-state index in [0.717, 1.165) is 13.1 Å². The van der Waals surface area contributed by atoms with Crippen molar-refractivity contribution in [2.24, 2.45) is 5.73 Å². The summed E-state index contributed by atoms with van der Waals surface area (Å²) in [7, 11) is 0. The quantitative estimate of drug-likeness (QED) is 0.564. The molecule has 0 aromatic carbocycles. The second-order valence-electron chi connectivity index (χ2n) is 2.60. The normalized spacial score (nSPS) is 10.3. The maximum atomic E-state index is 11.1. The van der Waals surface area contributed by atoms with E-state index >= 15 is 0 Å². The second-order valence-corrected chi connectivity index (χ2v) is 2.60. The molecule has 12 heavy (non-hydrogen) atoms. The van der Waals surface area contributed by atoms with Crippen LogP contribution in [-0.4, -0.2) is 43.5 Å². The highest BCUT2D eigenvalue weighted by atomic mass is 16.2. The molecule has 0 spiro atoms. The van der Waals surface area contributed by atoms with Crippen LogP contribution in [-0.2, 0) is 4.79 Å². The summed E-state index contributed by atoms with van der Waals surface area (Å²) in [4.78, 5) is 13.2. The molecular weight excluding hydrogens is 154 g/mol. The van der Waals surface area contributed by atoms with Gasteiger partial charge >= 0.3 is 0 Å². The van der Waals surface area contributed by atoms with E-state index < -0.39 is 0 Å². The van der Waals surface area contributed by atoms with Crippen molar-refractivity contribution in [3.8, 4) is 0 Å². The zero-order valence-electron chi connectivity index (χ0n) is 7.97. The zero-order valence-corrected chi connectivity index (χ0v) is 7.97. The van der Waals surface area contributed by atoms with E-state index in [1.54, 1.807) is 0 Å². The van der Waals surface area contributed by atoms with Crippen molar-refractivity contribution in [1.82, 2.24) is 10.2 Å². The molecule has 0 radical (unpaired) electrons. The van der Waals surface area contributed by atoms with Crippen LogP contribution < -0.4 is 11.1 Å². The first-order valence-electron chi connectivity index (χ1n) is 4.43. The number of hydrogen-bond donors (Lipinski definition) is 2. The van der Waals surface area contributed by atoms with Crippen LogP contribution in [0.3, 0.4) is 0 Å². The van der Waals surface area contributed by atoms with Gasteiger partial charge < -0.3 is 11.1 Å². The molecule has 1 amide bonds. The van der Waals surface area contributed by atoms with Crippen LogP contribution in [0.2, 0.25) is 0 Å². The highest BCUT2D eigenvalue weighted by Crippen LogP contribution is 1.84. The molecule has 0 atom stereocenters. The van der Waals surface area contributed by atoms with Crippen LogP contribution in [0.15, 0.2) is 0 Å². The number of carbonyl (C=O) groups is 1. The van der Waals surface area contributed by atoms with Gasteiger partial charge in [0.15, 0.2) is 0 Å². The lowest BCUT2D eigenvalue weighted by Crippen LogP contribution is -2.38. The third-order valence-corrected chi connectivity index (χ3v) is 1.73. The molecule has 0 rings (SSSR count). The second kappa shape index (κ2) is 7.06. The van der Waals surface area contributed by atoms with Crippen LogP contribution in [0.1, 0.15) is 13.8 Å². The molecule has 0 aliphatic rings. The fraction of sp³-hybridized carbons (Fsp3) is 0.875. The van der Waals surface area contributed by atoms with Crippen molar-refractivity contribution in [3.05, 3.63) is 0 Å². The zero-order chi connectivity index (χ0) is 9.40. The average molecular weight is 173 g/mol. The van der Waals surface area contributed by atoms with Crippen molar-refractivity contribution in [1.29, 1.82) is 0 Å². The smallest absolute Gasteiger partial charge is 0.234 e. The lowest BCUT2D eigenvalue weighted by atomic mass is 10.4. The summed E-state index contributed by atoms with van der Waals surface area (Å²) in [6.45, 7) is 7.45. The van der Waals surface area contributed by atoms with E-state index in [-0.39, 0.29) is 5.91 Å². The fourth-order valence-electron chi connectivity index (χ4n) is 0.918. The maximum Gasteiger partial charge on any atom is 0.234 e. The first kappa shape index (κ1) is 11.4. The Kier molecular flexibility index (Phi) is 6.70. The van der Waals surface area contributed by atoms with E-state index in [1.165, 1.54) is 0 Å². The van der Waals surface area contributed by atoms with Gasteiger partial charge in [-0.05, 0) is 13.1 Å². The molecule has 0 bridgehead atoms. The van der Waals surface area contributed by atoms with Gasteiger partial charge in [0.05, 0.1) is 6.54 Å². The molecule has 0 aromatic rings. The first-order valence-corrected chi connectivity index (χ1v) is 4.43. The maximum absolute atomic E-state index is 11.1. The molecule has 72 valence electrons. The number of rotatable bonds is 6. The van der Waals surface area contributed by atoms with Gasteiger partial charge in [-0.1, -0.05) is 13.8 Å². The number of amides is 1. The van der Waals surface area contributed by atoms with Gasteiger partial charge in [0.1, 0.15) is 0 Å². The van der Waals surface area contributed by atoms with E-state index in [1.807, 2.05) is 13.8 Å². The van der Waals surface area contributed by atoms with Crippen molar-refractivity contribution >= 4 is 5.91 Å². The SMILES string of the molecule is CCN(CC)CC(=O)NCCN. The van der Waals surface area contributed by atoms with Crippen LogP contribution in [0.4, 0.5) is 0 Å². The summed E-state index contributed by atoms with van der Waals surface area (Å²) in [6.07, 6.45) is 0. The van der Waals surface area contributed by atoms with E-state index in [9.17, 15) is 4.79 Å². The molecule has 3 N–H and O–H groups in total. The third-order valence-electron chi connectivity index (χ3n) is 1.73. The van der Waals surface area contributed by atoms with Gasteiger partial charge in [0, 0.05) is 13.1 Å². The molecule has 0 aromatic heterocycles. The Hall–Kier alpha value is -0.610. The Balaban J connectivity index is 3.52. The van der Waals surface area contributed by atoms with E-state index in [0.29, 0.717) is 19.6 Å². The Morgan fingerprint density at radius 1 is 1.42 bits per heavy atom. The Labute approximate surface area is 74.1 Å². The molecular formula is C8H19N3O. The van der Waals surface area contributed by atoms with E-state index in [4.69, 9.17) is 5.73 Å². The van der Waals surface area contributed by atoms with Gasteiger partial charge in [0.25, 0.3) is 0 Å². The summed E-state index contributed by atoms with van der Waals surface area (Å²) in [5.41, 5.74) is 5.24. The largest absolute Gasteiger partial charge is 0.354 e. The summed E-state index contributed by atoms with van der Waals surface area (Å²) < 4.78 is 0. The summed E-state index contributed by atoms with van der Waals surface area (Å²) in [6, 6.07) is 0. The number of nitrogens with one attached hydrogen (secondary N) is 1. The van der Waals surface area contributed by atoms with Gasteiger partial charge in [-0.15, -0.1) is 0 Å². The highest BCUT2D eigenvalue weighted by Gasteiger charge is 2.04. The van der Waals surface area contributed by atoms with Crippen molar-refractivity contribution in [3.63, 3.8) is 0 Å². The number of nitrogens with zero attached hydrogens (tertiary/aromatic N) is 1. The average Bonchev–Trinajstić information content (AvgIpc) is 2.10. The topological polar surface area (TPSA) is 58.4 Å². The number of nitrogens with two attached hydrogens (primary N) is 1. The standard InChI is InChI=1S/C8H19N3O/c1-3-11(4-2)7-8(12)10-6-5-9/h3-7,9H2,1-2H3,(H,10,12). The molecule has 4 nitrogen and oxygen atoms in total. The van der Waals surface area contributed by atoms with Crippen molar-refractivity contribution in [2.45, 2.75) is 13.8 Å². The van der Waals surface area contributed by atoms with Crippen molar-refractivity contribution < 1.29 is 4.79 Å². The Bertz CT molecular complexity index is 123. The van der Waals surface area contributed by atoms with Gasteiger partial charge in [-0.2, -0.15) is 0 Å². The lowest BCUT2D eigenvalue weighted by molar-refractivity contribution is -0.122. The molecule has 4 heteroatoms. The molecule has 0 aliphatic carbocycles. The number of carbonyl (C=O) groups excluding carboxylic acids is 1. The lowest BCUT2D eigenvalue weighted by Gasteiger charge is -2.16. The highest BCUT2D eigenvalue weighted by molar-refractivity contribution is 5.77. The molecule has 0 unspecified atom stereocenters.